The molecule has 0 aromatic heterocycles. The predicted octanol–water partition coefficient (Wildman–Crippen LogP) is -0.0900. The number of fused-ring (bicyclic) bond motifs is 2. The topological polar surface area (TPSA) is 58.6 Å². The summed E-state index contributed by atoms with van der Waals surface area (Å²) in [5.41, 5.74) is -0.364. The lowest BCUT2D eigenvalue weighted by Gasteiger charge is -2.45. The maximum atomic E-state index is 11.7. The molecule has 0 spiro atoms. The van der Waals surface area contributed by atoms with Crippen molar-refractivity contribution in [2.24, 2.45) is 11.3 Å². The van der Waals surface area contributed by atoms with Crippen LogP contribution in [0.4, 0.5) is 0 Å². The van der Waals surface area contributed by atoms with Gasteiger partial charge in [0.2, 0.25) is 0 Å². The number of hydrogen-bond acceptors (Lipinski definition) is 4. The van der Waals surface area contributed by atoms with Crippen LogP contribution in [0.1, 0.15) is 19.3 Å². The molecule has 2 rings (SSSR count). The summed E-state index contributed by atoms with van der Waals surface area (Å²) in [6, 6.07) is 0. The monoisotopic (exact) mass is 199 g/mol. The molecule has 1 aliphatic carbocycles. The standard InChI is InChI=1S/C10H17NO3/c1-14-9(13)10-3-2-8(12)7(4-10)5-11-6-10/h7-8,11-12H,2-6H2,1H3/t7-,8-,10-/m1/s1. The average Bonchev–Trinajstić information content (AvgIpc) is 2.23. The number of esters is 1. The van der Waals surface area contributed by atoms with E-state index in [1.165, 1.54) is 7.11 Å². The van der Waals surface area contributed by atoms with Crippen molar-refractivity contribution in [3.05, 3.63) is 0 Å². The van der Waals surface area contributed by atoms with Crippen LogP contribution in [0.5, 0.6) is 0 Å². The van der Waals surface area contributed by atoms with Gasteiger partial charge in [0.15, 0.2) is 0 Å². The average molecular weight is 199 g/mol. The number of hydrogen-bond donors (Lipinski definition) is 2. The van der Waals surface area contributed by atoms with Crippen molar-refractivity contribution in [3.63, 3.8) is 0 Å². The molecule has 0 aromatic rings. The SMILES string of the molecule is COC(=O)[C@@]12CC[C@@H](O)[C@@H](CNC1)C2. The van der Waals surface area contributed by atoms with Crippen molar-refractivity contribution in [1.82, 2.24) is 5.32 Å². The van der Waals surface area contributed by atoms with Crippen molar-refractivity contribution < 1.29 is 14.6 Å². The number of nitrogens with one attached hydrogen (secondary N) is 1. The maximum absolute atomic E-state index is 11.7. The second kappa shape index (κ2) is 3.51. The first-order valence-corrected chi connectivity index (χ1v) is 5.15. The van der Waals surface area contributed by atoms with Gasteiger partial charge in [-0.05, 0) is 25.2 Å². The molecular formula is C10H17NO3. The highest BCUT2D eigenvalue weighted by molar-refractivity contribution is 5.77. The van der Waals surface area contributed by atoms with Crippen LogP contribution in [0, 0.1) is 11.3 Å². The van der Waals surface area contributed by atoms with Gasteiger partial charge in [-0.2, -0.15) is 0 Å². The van der Waals surface area contributed by atoms with Gasteiger partial charge >= 0.3 is 5.97 Å². The number of piperidine rings is 1. The Morgan fingerprint density at radius 3 is 3.14 bits per heavy atom. The Kier molecular flexibility index (Phi) is 2.49. The summed E-state index contributed by atoms with van der Waals surface area (Å²) in [5, 5.41) is 12.9. The molecule has 0 aromatic carbocycles. The molecule has 14 heavy (non-hydrogen) atoms. The van der Waals surface area contributed by atoms with E-state index in [0.717, 1.165) is 25.8 Å². The van der Waals surface area contributed by atoms with Crippen LogP contribution in [0.2, 0.25) is 0 Å². The Morgan fingerprint density at radius 2 is 2.43 bits per heavy atom. The number of aliphatic hydroxyl groups excluding tert-OH is 1. The van der Waals surface area contributed by atoms with E-state index in [9.17, 15) is 9.90 Å². The second-order valence-corrected chi connectivity index (χ2v) is 4.47. The van der Waals surface area contributed by atoms with Crippen LogP contribution >= 0.6 is 0 Å². The molecule has 1 saturated heterocycles. The molecule has 80 valence electrons. The fourth-order valence-electron chi connectivity index (χ4n) is 2.74. The van der Waals surface area contributed by atoms with Gasteiger partial charge in [-0.1, -0.05) is 0 Å². The van der Waals surface area contributed by atoms with Crippen LogP contribution in [-0.4, -0.2) is 37.4 Å². The lowest BCUT2D eigenvalue weighted by molar-refractivity contribution is -0.160. The first-order valence-electron chi connectivity index (χ1n) is 5.15. The lowest BCUT2D eigenvalue weighted by atomic mass is 9.66. The van der Waals surface area contributed by atoms with Crippen LogP contribution in [0.25, 0.3) is 0 Å². The van der Waals surface area contributed by atoms with Crippen LogP contribution in [0.3, 0.4) is 0 Å². The minimum Gasteiger partial charge on any atom is -0.469 e. The molecule has 0 radical (unpaired) electrons. The molecule has 2 N–H and O–H groups in total. The quantitative estimate of drug-likeness (QED) is 0.579. The third-order valence-electron chi connectivity index (χ3n) is 3.60. The van der Waals surface area contributed by atoms with E-state index < -0.39 is 0 Å². The summed E-state index contributed by atoms with van der Waals surface area (Å²) in [6.07, 6.45) is 1.99. The number of ether oxygens (including phenoxy) is 1. The lowest BCUT2D eigenvalue weighted by Crippen LogP contribution is -2.55. The maximum Gasteiger partial charge on any atom is 0.313 e. The molecule has 1 aliphatic heterocycles. The van der Waals surface area contributed by atoms with Gasteiger partial charge in [-0.15, -0.1) is 0 Å². The minimum atomic E-state index is -0.364. The van der Waals surface area contributed by atoms with Gasteiger partial charge in [0, 0.05) is 13.1 Å². The van der Waals surface area contributed by atoms with Gasteiger partial charge in [0.25, 0.3) is 0 Å². The Balaban J connectivity index is 2.16. The molecular weight excluding hydrogens is 182 g/mol. The number of aliphatic hydroxyl groups is 1. The van der Waals surface area contributed by atoms with Gasteiger partial charge < -0.3 is 15.2 Å². The Morgan fingerprint density at radius 1 is 1.64 bits per heavy atom. The highest BCUT2D eigenvalue weighted by atomic mass is 16.5. The third kappa shape index (κ3) is 1.42. The van der Waals surface area contributed by atoms with Crippen LogP contribution in [0.15, 0.2) is 0 Å². The molecule has 2 aliphatic rings. The Labute approximate surface area is 83.6 Å². The number of rotatable bonds is 1. The van der Waals surface area contributed by atoms with E-state index in [-0.39, 0.29) is 23.4 Å². The Bertz CT molecular complexity index is 244. The zero-order valence-electron chi connectivity index (χ0n) is 8.45. The molecule has 1 saturated carbocycles. The normalized spacial score (nSPS) is 41.9. The number of methoxy groups -OCH3 is 1. The molecule has 4 heteroatoms. The molecule has 0 amide bonds. The Hall–Kier alpha value is -0.610. The van der Waals surface area contributed by atoms with Crippen molar-refractivity contribution >= 4 is 5.97 Å². The van der Waals surface area contributed by atoms with Gasteiger partial charge in [-0.25, -0.2) is 0 Å². The summed E-state index contributed by atoms with van der Waals surface area (Å²) < 4.78 is 4.84. The number of carbonyl (C=O) groups excluding carboxylic acids is 1. The smallest absolute Gasteiger partial charge is 0.313 e. The van der Waals surface area contributed by atoms with Gasteiger partial charge in [0.1, 0.15) is 0 Å². The van der Waals surface area contributed by atoms with Crippen LogP contribution < -0.4 is 5.32 Å². The third-order valence-corrected chi connectivity index (χ3v) is 3.60. The fourth-order valence-corrected chi connectivity index (χ4v) is 2.74. The molecule has 2 bridgehead atoms. The first-order chi connectivity index (χ1) is 6.68. The molecule has 1 heterocycles. The molecule has 0 unspecified atom stereocenters. The van der Waals surface area contributed by atoms with E-state index in [1.807, 2.05) is 0 Å². The van der Waals surface area contributed by atoms with E-state index >= 15 is 0 Å². The van der Waals surface area contributed by atoms with Crippen molar-refractivity contribution in [2.75, 3.05) is 20.2 Å². The largest absolute Gasteiger partial charge is 0.469 e. The van der Waals surface area contributed by atoms with E-state index in [1.54, 1.807) is 0 Å². The van der Waals surface area contributed by atoms with E-state index in [0.29, 0.717) is 6.54 Å². The highest BCUT2D eigenvalue weighted by Gasteiger charge is 2.48. The van der Waals surface area contributed by atoms with Crippen molar-refractivity contribution in [3.8, 4) is 0 Å². The summed E-state index contributed by atoms with van der Waals surface area (Å²) >= 11 is 0. The second-order valence-electron chi connectivity index (χ2n) is 4.47. The predicted molar refractivity (Wildman–Crippen MR) is 50.7 cm³/mol. The van der Waals surface area contributed by atoms with Crippen molar-refractivity contribution in [1.29, 1.82) is 0 Å². The summed E-state index contributed by atoms with van der Waals surface area (Å²) in [5.74, 6) is 0.0956. The van der Waals surface area contributed by atoms with Gasteiger partial charge in [-0.3, -0.25) is 4.79 Å². The zero-order chi connectivity index (χ0) is 10.2. The van der Waals surface area contributed by atoms with Gasteiger partial charge in [0.05, 0.1) is 18.6 Å². The molecule has 3 atom stereocenters. The minimum absolute atomic E-state index is 0.124. The summed E-state index contributed by atoms with van der Waals surface area (Å²) in [6.45, 7) is 1.52. The van der Waals surface area contributed by atoms with Crippen LogP contribution in [-0.2, 0) is 9.53 Å². The van der Waals surface area contributed by atoms with Crippen molar-refractivity contribution in [2.45, 2.75) is 25.4 Å². The van der Waals surface area contributed by atoms with E-state index in [2.05, 4.69) is 5.32 Å². The van der Waals surface area contributed by atoms with E-state index in [4.69, 9.17) is 4.74 Å². The fraction of sp³-hybridized carbons (Fsp3) is 0.900. The highest BCUT2D eigenvalue weighted by Crippen LogP contribution is 2.42. The summed E-state index contributed by atoms with van der Waals surface area (Å²) in [7, 11) is 1.44. The zero-order valence-corrected chi connectivity index (χ0v) is 8.45. The summed E-state index contributed by atoms with van der Waals surface area (Å²) in [4.78, 5) is 11.7. The number of carbonyl (C=O) groups is 1. The first kappa shape index (κ1) is 9.93. The molecule has 2 fully saturated rings. The molecule has 4 nitrogen and oxygen atoms in total.